The van der Waals surface area contributed by atoms with Gasteiger partial charge in [-0.05, 0) is 71.8 Å². The number of amides is 2. The molecule has 0 aromatic heterocycles. The minimum absolute atomic E-state index is 0.106. The smallest absolute Gasteiger partial charge is 0.261 e. The van der Waals surface area contributed by atoms with Gasteiger partial charge in [-0.25, -0.2) is 0 Å². The quantitative estimate of drug-likeness (QED) is 0.464. The lowest BCUT2D eigenvalue weighted by molar-refractivity contribution is -0.142. The van der Waals surface area contributed by atoms with Gasteiger partial charge in [-0.3, -0.25) is 9.59 Å². The van der Waals surface area contributed by atoms with E-state index in [0.717, 1.165) is 41.3 Å². The number of rotatable bonds is 9. The van der Waals surface area contributed by atoms with E-state index in [4.69, 9.17) is 4.74 Å². The van der Waals surface area contributed by atoms with Crippen molar-refractivity contribution in [2.75, 3.05) is 6.61 Å². The Bertz CT molecular complexity index is 970. The first-order valence-corrected chi connectivity index (χ1v) is 12.6. The van der Waals surface area contributed by atoms with Crippen molar-refractivity contribution in [1.82, 2.24) is 10.2 Å². The Hall–Kier alpha value is -2.34. The summed E-state index contributed by atoms with van der Waals surface area (Å²) in [5, 5.41) is 3.13. The van der Waals surface area contributed by atoms with Gasteiger partial charge in [-0.2, -0.15) is 0 Å². The second-order valence-corrected chi connectivity index (χ2v) is 10.2. The summed E-state index contributed by atoms with van der Waals surface area (Å²) >= 11 is 3.55. The molecule has 0 radical (unpaired) electrons. The third-order valence-corrected chi connectivity index (χ3v) is 6.90. The zero-order chi connectivity index (χ0) is 24.0. The molecule has 2 aromatic carbocycles. The Morgan fingerprint density at radius 3 is 2.48 bits per heavy atom. The Kier molecular flexibility index (Phi) is 8.95. The second-order valence-electron chi connectivity index (χ2n) is 9.31. The number of hydrogen-bond donors (Lipinski definition) is 1. The highest BCUT2D eigenvalue weighted by Gasteiger charge is 2.29. The van der Waals surface area contributed by atoms with Crippen molar-refractivity contribution in [1.29, 1.82) is 0 Å². The van der Waals surface area contributed by atoms with Gasteiger partial charge >= 0.3 is 0 Å². The van der Waals surface area contributed by atoms with Crippen LogP contribution in [0.3, 0.4) is 0 Å². The van der Waals surface area contributed by atoms with Crippen molar-refractivity contribution in [2.24, 2.45) is 0 Å². The van der Waals surface area contributed by atoms with Crippen LogP contribution in [0.25, 0.3) is 0 Å². The Morgan fingerprint density at radius 1 is 1.12 bits per heavy atom. The van der Waals surface area contributed by atoms with E-state index in [-0.39, 0.29) is 24.5 Å². The first kappa shape index (κ1) is 25.3. The van der Waals surface area contributed by atoms with Gasteiger partial charge in [0.15, 0.2) is 6.61 Å². The van der Waals surface area contributed by atoms with Crippen LogP contribution in [-0.4, -0.2) is 35.4 Å². The average Bonchev–Trinajstić information content (AvgIpc) is 3.29. The number of halogens is 1. The van der Waals surface area contributed by atoms with Gasteiger partial charge in [-0.1, -0.05) is 62.6 Å². The van der Waals surface area contributed by atoms with Crippen LogP contribution in [0.2, 0.25) is 0 Å². The predicted molar refractivity (Wildman–Crippen MR) is 135 cm³/mol. The summed E-state index contributed by atoms with van der Waals surface area (Å²) in [5.41, 5.74) is 3.30. The fraction of sp³-hybridized carbons (Fsp3) is 0.481. The summed E-state index contributed by atoms with van der Waals surface area (Å²) in [6, 6.07) is 13.6. The van der Waals surface area contributed by atoms with Crippen molar-refractivity contribution in [3.63, 3.8) is 0 Å². The van der Waals surface area contributed by atoms with E-state index >= 15 is 0 Å². The molecule has 1 atom stereocenters. The third-order valence-electron chi connectivity index (χ3n) is 6.28. The van der Waals surface area contributed by atoms with E-state index in [9.17, 15) is 9.59 Å². The lowest BCUT2D eigenvalue weighted by Gasteiger charge is -2.30. The predicted octanol–water partition coefficient (Wildman–Crippen LogP) is 5.74. The maximum atomic E-state index is 13.3. The second kappa shape index (κ2) is 11.7. The summed E-state index contributed by atoms with van der Waals surface area (Å²) in [7, 11) is 0. The van der Waals surface area contributed by atoms with E-state index in [1.54, 1.807) is 11.8 Å². The molecule has 0 spiro atoms. The van der Waals surface area contributed by atoms with Gasteiger partial charge in [0.1, 0.15) is 11.8 Å². The molecule has 3 rings (SSSR count). The van der Waals surface area contributed by atoms with E-state index in [1.807, 2.05) is 49.4 Å². The average molecular weight is 515 g/mol. The maximum Gasteiger partial charge on any atom is 0.261 e. The first-order valence-electron chi connectivity index (χ1n) is 11.8. The van der Waals surface area contributed by atoms with E-state index in [1.165, 1.54) is 5.56 Å². The molecule has 2 amide bonds. The topological polar surface area (TPSA) is 58.6 Å². The van der Waals surface area contributed by atoms with Crippen LogP contribution in [0, 0.1) is 6.92 Å². The van der Waals surface area contributed by atoms with Crippen LogP contribution >= 0.6 is 15.9 Å². The lowest BCUT2D eigenvalue weighted by Crippen LogP contribution is -2.50. The van der Waals surface area contributed by atoms with Crippen molar-refractivity contribution in [3.8, 4) is 5.75 Å². The monoisotopic (exact) mass is 514 g/mol. The Balaban J connectivity index is 1.72. The van der Waals surface area contributed by atoms with Crippen molar-refractivity contribution in [3.05, 3.63) is 63.6 Å². The zero-order valence-corrected chi connectivity index (χ0v) is 21.7. The van der Waals surface area contributed by atoms with Gasteiger partial charge in [0, 0.05) is 12.6 Å². The van der Waals surface area contributed by atoms with Crippen LogP contribution in [0.4, 0.5) is 0 Å². The van der Waals surface area contributed by atoms with E-state index < -0.39 is 6.04 Å². The summed E-state index contributed by atoms with van der Waals surface area (Å²) in [5.74, 6) is 0.697. The van der Waals surface area contributed by atoms with Gasteiger partial charge < -0.3 is 15.0 Å². The number of carbonyl (C=O) groups excluding carboxylic acids is 2. The molecule has 0 bridgehead atoms. The summed E-state index contributed by atoms with van der Waals surface area (Å²) in [6.45, 7) is 8.31. The molecule has 33 heavy (non-hydrogen) atoms. The van der Waals surface area contributed by atoms with Crippen LogP contribution in [-0.2, 0) is 16.1 Å². The highest BCUT2D eigenvalue weighted by atomic mass is 79.9. The lowest BCUT2D eigenvalue weighted by atomic mass is 10.0. The molecule has 5 nitrogen and oxygen atoms in total. The Labute approximate surface area is 206 Å². The molecule has 0 aliphatic heterocycles. The number of hydrogen-bond acceptors (Lipinski definition) is 3. The molecule has 1 saturated carbocycles. The summed E-state index contributed by atoms with van der Waals surface area (Å²) in [6.07, 6.45) is 4.30. The molecule has 0 saturated heterocycles. The highest BCUT2D eigenvalue weighted by molar-refractivity contribution is 9.10. The molecule has 0 unspecified atom stereocenters. The number of nitrogens with zero attached hydrogens (tertiary/aromatic N) is 1. The molecule has 2 aromatic rings. The first-order chi connectivity index (χ1) is 15.7. The summed E-state index contributed by atoms with van der Waals surface area (Å²) < 4.78 is 6.69. The van der Waals surface area contributed by atoms with Crippen molar-refractivity contribution < 1.29 is 14.3 Å². The van der Waals surface area contributed by atoms with Crippen molar-refractivity contribution in [2.45, 2.75) is 77.9 Å². The van der Waals surface area contributed by atoms with E-state index in [0.29, 0.717) is 18.2 Å². The van der Waals surface area contributed by atoms with Crippen LogP contribution < -0.4 is 10.1 Å². The molecule has 6 heteroatoms. The molecule has 1 N–H and O–H groups in total. The van der Waals surface area contributed by atoms with Crippen molar-refractivity contribution >= 4 is 27.7 Å². The van der Waals surface area contributed by atoms with Gasteiger partial charge in [0.25, 0.3) is 5.91 Å². The molecular weight excluding hydrogens is 480 g/mol. The molecule has 178 valence electrons. The number of carbonyl (C=O) groups is 2. The van der Waals surface area contributed by atoms with E-state index in [2.05, 4.69) is 35.1 Å². The number of aryl methyl sites for hydroxylation is 1. The van der Waals surface area contributed by atoms with Crippen LogP contribution in [0.1, 0.15) is 69.1 Å². The molecule has 1 fully saturated rings. The largest absolute Gasteiger partial charge is 0.483 e. The highest BCUT2D eigenvalue weighted by Crippen LogP contribution is 2.29. The summed E-state index contributed by atoms with van der Waals surface area (Å²) in [4.78, 5) is 27.9. The number of nitrogens with one attached hydrogen (secondary N) is 1. The maximum absolute atomic E-state index is 13.3. The SMILES string of the molecule is Cc1cccc(CN(C(=O)COc2ccc(C(C)C)cc2Br)[C@H](C)C(=O)NC2CCCC2)c1. The molecule has 1 aliphatic carbocycles. The number of ether oxygens (including phenoxy) is 1. The minimum atomic E-state index is -0.589. The molecular formula is C27H35BrN2O3. The number of benzene rings is 2. The zero-order valence-electron chi connectivity index (χ0n) is 20.1. The van der Waals surface area contributed by atoms with Gasteiger partial charge in [0.05, 0.1) is 4.47 Å². The van der Waals surface area contributed by atoms with Crippen LogP contribution in [0.5, 0.6) is 5.75 Å². The fourth-order valence-corrected chi connectivity index (χ4v) is 4.71. The standard InChI is InChI=1S/C27H35BrN2O3/c1-18(2)22-12-13-25(24(28)15-22)33-17-26(31)30(16-21-9-7-8-19(3)14-21)20(4)27(32)29-23-10-5-6-11-23/h7-9,12-15,18,20,23H,5-6,10-11,16-17H2,1-4H3,(H,29,32)/t20-/m1/s1. The molecule has 0 heterocycles. The normalized spacial score (nSPS) is 14.8. The fourth-order valence-electron chi connectivity index (χ4n) is 4.20. The Morgan fingerprint density at radius 2 is 1.85 bits per heavy atom. The molecule has 1 aliphatic rings. The third kappa shape index (κ3) is 7.07. The van der Waals surface area contributed by atoms with Crippen LogP contribution in [0.15, 0.2) is 46.9 Å². The van der Waals surface area contributed by atoms with Gasteiger partial charge in [-0.15, -0.1) is 0 Å². The van der Waals surface area contributed by atoms with Gasteiger partial charge in [0.2, 0.25) is 5.91 Å². The minimum Gasteiger partial charge on any atom is -0.483 e.